The van der Waals surface area contributed by atoms with Crippen molar-refractivity contribution in [1.82, 2.24) is 31.4 Å². The van der Waals surface area contributed by atoms with E-state index in [0.717, 1.165) is 43.7 Å². The van der Waals surface area contributed by atoms with E-state index in [0.29, 0.717) is 37.0 Å². The Hall–Kier alpha value is -3.47. The minimum absolute atomic E-state index is 0.0174. The quantitative estimate of drug-likeness (QED) is 0.355. The van der Waals surface area contributed by atoms with Crippen LogP contribution in [0, 0.1) is 5.82 Å². The zero-order valence-electron chi connectivity index (χ0n) is 21.7. The van der Waals surface area contributed by atoms with Crippen molar-refractivity contribution in [3.05, 3.63) is 77.9 Å². The first kappa shape index (κ1) is 26.1. The number of hydrogen-bond acceptors (Lipinski definition) is 7. The summed E-state index contributed by atoms with van der Waals surface area (Å²) in [6.07, 6.45) is 5.97. The molecule has 2 fully saturated rings. The number of nitrogens with zero attached hydrogens (tertiary/aromatic N) is 3. The SMILES string of the molecule is CN1CCN(C(=O)[C@H](CCCN[C@@H]2C[C@@H]2c2ccc(F)cc2)NC(=O)c2ccc(N3C=CNN3)cc2)CC1. The first-order chi connectivity index (χ1) is 18.5. The maximum absolute atomic E-state index is 13.4. The van der Waals surface area contributed by atoms with E-state index in [4.69, 9.17) is 0 Å². The molecule has 38 heavy (non-hydrogen) atoms. The van der Waals surface area contributed by atoms with Crippen LogP contribution >= 0.6 is 0 Å². The van der Waals surface area contributed by atoms with Crippen molar-refractivity contribution in [2.45, 2.75) is 37.3 Å². The number of piperazine rings is 1. The van der Waals surface area contributed by atoms with Gasteiger partial charge in [0.1, 0.15) is 11.9 Å². The highest BCUT2D eigenvalue weighted by molar-refractivity contribution is 5.97. The van der Waals surface area contributed by atoms with Gasteiger partial charge in [0.05, 0.1) is 5.69 Å². The third kappa shape index (κ3) is 6.50. The molecule has 9 nitrogen and oxygen atoms in total. The molecule has 4 N–H and O–H groups in total. The summed E-state index contributed by atoms with van der Waals surface area (Å²) in [4.78, 5) is 30.6. The summed E-state index contributed by atoms with van der Waals surface area (Å²) >= 11 is 0. The zero-order chi connectivity index (χ0) is 26.5. The molecule has 2 aromatic carbocycles. The van der Waals surface area contributed by atoms with Gasteiger partial charge in [-0.3, -0.25) is 14.6 Å². The molecule has 0 bridgehead atoms. The predicted octanol–water partition coefficient (Wildman–Crippen LogP) is 1.92. The Morgan fingerprint density at radius 2 is 1.79 bits per heavy atom. The van der Waals surface area contributed by atoms with Crippen LogP contribution in [0.4, 0.5) is 10.1 Å². The van der Waals surface area contributed by atoms with Gasteiger partial charge in [0.2, 0.25) is 5.91 Å². The lowest BCUT2D eigenvalue weighted by molar-refractivity contribution is -0.135. The van der Waals surface area contributed by atoms with Crippen LogP contribution in [0.15, 0.2) is 60.9 Å². The van der Waals surface area contributed by atoms with Crippen molar-refractivity contribution in [2.75, 3.05) is 44.8 Å². The molecule has 0 aromatic heterocycles. The molecule has 3 aliphatic rings. The lowest BCUT2D eigenvalue weighted by atomic mass is 10.1. The predicted molar refractivity (Wildman–Crippen MR) is 144 cm³/mol. The Kier molecular flexibility index (Phi) is 8.21. The summed E-state index contributed by atoms with van der Waals surface area (Å²) in [6, 6.07) is 13.7. The number of carbonyl (C=O) groups is 2. The van der Waals surface area contributed by atoms with Gasteiger partial charge in [-0.05, 0) is 74.8 Å². The highest BCUT2D eigenvalue weighted by Gasteiger charge is 2.37. The second kappa shape index (κ2) is 11.9. The van der Waals surface area contributed by atoms with Crippen molar-refractivity contribution >= 4 is 17.5 Å². The van der Waals surface area contributed by atoms with E-state index in [2.05, 4.69) is 33.5 Å². The number of likely N-dealkylation sites (N-methyl/N-ethyl adjacent to an activating group) is 1. The van der Waals surface area contributed by atoms with Gasteiger partial charge in [0, 0.05) is 56.1 Å². The molecule has 0 unspecified atom stereocenters. The molecule has 1 saturated heterocycles. The van der Waals surface area contributed by atoms with E-state index in [-0.39, 0.29) is 17.6 Å². The molecule has 1 saturated carbocycles. The van der Waals surface area contributed by atoms with E-state index < -0.39 is 6.04 Å². The molecule has 2 heterocycles. The average Bonchev–Trinajstić information content (AvgIpc) is 3.49. The van der Waals surface area contributed by atoms with E-state index in [9.17, 15) is 14.0 Å². The van der Waals surface area contributed by atoms with Crippen molar-refractivity contribution in [1.29, 1.82) is 0 Å². The fourth-order valence-corrected chi connectivity index (χ4v) is 5.02. The number of hydrogen-bond donors (Lipinski definition) is 4. The first-order valence-corrected chi connectivity index (χ1v) is 13.3. The Labute approximate surface area is 223 Å². The Bertz CT molecular complexity index is 1130. The highest BCUT2D eigenvalue weighted by Crippen LogP contribution is 2.40. The third-order valence-corrected chi connectivity index (χ3v) is 7.48. The number of carbonyl (C=O) groups excluding carboxylic acids is 2. The molecule has 0 spiro atoms. The van der Waals surface area contributed by atoms with Gasteiger partial charge in [0.15, 0.2) is 0 Å². The Morgan fingerprint density at radius 3 is 2.47 bits per heavy atom. The summed E-state index contributed by atoms with van der Waals surface area (Å²) in [7, 11) is 2.05. The van der Waals surface area contributed by atoms with Crippen LogP contribution in [0.25, 0.3) is 0 Å². The van der Waals surface area contributed by atoms with Crippen LogP contribution in [0.5, 0.6) is 0 Å². The number of benzene rings is 2. The fraction of sp³-hybridized carbons (Fsp3) is 0.429. The van der Waals surface area contributed by atoms with Crippen molar-refractivity contribution < 1.29 is 14.0 Å². The number of hydrazine groups is 2. The fourth-order valence-electron chi connectivity index (χ4n) is 5.02. The zero-order valence-corrected chi connectivity index (χ0v) is 21.7. The molecule has 1 aliphatic carbocycles. The summed E-state index contributed by atoms with van der Waals surface area (Å²) in [5, 5.41) is 8.37. The Balaban J connectivity index is 1.15. The molecular formula is C28H36FN7O2. The maximum Gasteiger partial charge on any atom is 0.251 e. The summed E-state index contributed by atoms with van der Waals surface area (Å²) < 4.78 is 13.2. The van der Waals surface area contributed by atoms with Gasteiger partial charge < -0.3 is 25.9 Å². The minimum atomic E-state index is -0.577. The van der Waals surface area contributed by atoms with E-state index in [1.165, 1.54) is 12.1 Å². The molecule has 0 radical (unpaired) electrons. The van der Waals surface area contributed by atoms with Crippen LogP contribution in [0.3, 0.4) is 0 Å². The standard InChI is InChI=1S/C28H36FN7O2/c1-34-15-17-35(18-16-34)28(38)25(3-2-12-30-26-19-24(26)20-4-8-22(29)9-5-20)32-27(37)21-6-10-23(11-7-21)36-14-13-31-33-36/h4-11,13-14,24-26,30-31,33H,2-3,12,15-19H2,1H3,(H,32,37)/t24-,25+,26-/m1/s1. The van der Waals surface area contributed by atoms with Gasteiger partial charge in [-0.15, -0.1) is 5.53 Å². The topological polar surface area (TPSA) is 92.0 Å². The molecule has 10 heteroatoms. The molecule has 2 amide bonds. The number of anilines is 1. The maximum atomic E-state index is 13.4. The molecule has 2 aliphatic heterocycles. The average molecular weight is 522 g/mol. The molecule has 5 rings (SSSR count). The smallest absolute Gasteiger partial charge is 0.251 e. The van der Waals surface area contributed by atoms with Crippen LogP contribution in [-0.4, -0.2) is 73.5 Å². The van der Waals surface area contributed by atoms with Crippen LogP contribution in [-0.2, 0) is 4.79 Å². The van der Waals surface area contributed by atoms with Gasteiger partial charge in [-0.2, -0.15) is 0 Å². The second-order valence-electron chi connectivity index (χ2n) is 10.2. The summed E-state index contributed by atoms with van der Waals surface area (Å²) in [5.74, 6) is -0.0798. The number of amides is 2. The van der Waals surface area contributed by atoms with Gasteiger partial charge in [-0.25, -0.2) is 4.39 Å². The van der Waals surface area contributed by atoms with Crippen LogP contribution in [0.1, 0.15) is 41.1 Å². The summed E-state index contributed by atoms with van der Waals surface area (Å²) in [5.41, 5.74) is 8.39. The van der Waals surface area contributed by atoms with Crippen LogP contribution < -0.4 is 26.6 Å². The van der Waals surface area contributed by atoms with Gasteiger partial charge in [-0.1, -0.05) is 12.1 Å². The van der Waals surface area contributed by atoms with Crippen molar-refractivity contribution in [2.24, 2.45) is 0 Å². The second-order valence-corrected chi connectivity index (χ2v) is 10.2. The van der Waals surface area contributed by atoms with Crippen LogP contribution in [0.2, 0.25) is 0 Å². The first-order valence-electron chi connectivity index (χ1n) is 13.3. The lowest BCUT2D eigenvalue weighted by Gasteiger charge is -2.34. The number of nitrogens with one attached hydrogen (secondary N) is 4. The minimum Gasteiger partial charge on any atom is -0.340 e. The van der Waals surface area contributed by atoms with E-state index >= 15 is 0 Å². The number of rotatable bonds is 10. The monoisotopic (exact) mass is 521 g/mol. The summed E-state index contributed by atoms with van der Waals surface area (Å²) in [6.45, 7) is 3.75. The van der Waals surface area contributed by atoms with Crippen molar-refractivity contribution in [3.8, 4) is 0 Å². The largest absolute Gasteiger partial charge is 0.340 e. The molecule has 202 valence electrons. The third-order valence-electron chi connectivity index (χ3n) is 7.48. The van der Waals surface area contributed by atoms with Crippen molar-refractivity contribution in [3.63, 3.8) is 0 Å². The molecule has 2 aromatic rings. The normalized spacial score (nSPS) is 21.7. The van der Waals surface area contributed by atoms with Gasteiger partial charge in [0.25, 0.3) is 5.91 Å². The highest BCUT2D eigenvalue weighted by atomic mass is 19.1. The Morgan fingerprint density at radius 1 is 1.05 bits per heavy atom. The van der Waals surface area contributed by atoms with Gasteiger partial charge >= 0.3 is 0 Å². The molecule has 3 atom stereocenters. The molecular weight excluding hydrogens is 485 g/mol. The van der Waals surface area contributed by atoms with E-state index in [1.807, 2.05) is 35.4 Å². The van der Waals surface area contributed by atoms with E-state index in [1.54, 1.807) is 23.3 Å². The number of halogens is 1. The lowest BCUT2D eigenvalue weighted by Crippen LogP contribution is -2.54.